The van der Waals surface area contributed by atoms with E-state index in [0.29, 0.717) is 19.0 Å². The number of guanidine groups is 1. The molecule has 0 aromatic carbocycles. The smallest absolute Gasteiger partial charge is 0.191 e. The van der Waals surface area contributed by atoms with Crippen LogP contribution >= 0.6 is 0 Å². The Kier molecular flexibility index (Phi) is 7.23. The minimum atomic E-state index is -2.95. The van der Waals surface area contributed by atoms with Crippen molar-refractivity contribution in [3.05, 3.63) is 0 Å². The highest BCUT2D eigenvalue weighted by Crippen LogP contribution is 2.06. The van der Waals surface area contributed by atoms with Crippen LogP contribution in [0.3, 0.4) is 0 Å². The van der Waals surface area contributed by atoms with E-state index in [4.69, 9.17) is 4.74 Å². The Morgan fingerprint density at radius 1 is 1.33 bits per heavy atom. The lowest BCUT2D eigenvalue weighted by Gasteiger charge is -2.21. The topological polar surface area (TPSA) is 79.8 Å². The van der Waals surface area contributed by atoms with Gasteiger partial charge in [0.2, 0.25) is 0 Å². The second-order valence-electron chi connectivity index (χ2n) is 4.72. The maximum Gasteiger partial charge on any atom is 0.191 e. The molecule has 6 nitrogen and oxygen atoms in total. The summed E-state index contributed by atoms with van der Waals surface area (Å²) in [5.74, 6) is 0.691. The summed E-state index contributed by atoms with van der Waals surface area (Å²) < 4.78 is 27.3. The molecule has 0 bridgehead atoms. The van der Waals surface area contributed by atoms with Gasteiger partial charge in [-0.05, 0) is 20.8 Å². The molecule has 0 atom stereocenters. The Balaban J connectivity index is 4.34. The molecule has 7 heteroatoms. The van der Waals surface area contributed by atoms with Gasteiger partial charge in [0.25, 0.3) is 0 Å². The summed E-state index contributed by atoms with van der Waals surface area (Å²) in [6, 6.07) is 0. The number of sulfone groups is 1. The molecular formula is C11H25N3O3S. The standard InChI is InChI=1S/C11H25N3O3S/c1-6-12-10(13-7-8-18(5,15)16)14-9-11(2,3)17-4/h6-9H2,1-5H3,(H2,12,13,14). The summed E-state index contributed by atoms with van der Waals surface area (Å²) in [5, 5.41) is 6.03. The van der Waals surface area contributed by atoms with E-state index in [2.05, 4.69) is 15.6 Å². The molecule has 0 heterocycles. The number of rotatable bonds is 7. The molecule has 0 fully saturated rings. The van der Waals surface area contributed by atoms with Gasteiger partial charge < -0.3 is 15.4 Å². The first-order valence-corrected chi connectivity index (χ1v) is 8.01. The average Bonchev–Trinajstić information content (AvgIpc) is 2.24. The fourth-order valence-electron chi connectivity index (χ4n) is 1.03. The Labute approximate surface area is 110 Å². The van der Waals surface area contributed by atoms with Crippen molar-refractivity contribution in [3.63, 3.8) is 0 Å². The zero-order chi connectivity index (χ0) is 14.2. The molecule has 0 amide bonds. The lowest BCUT2D eigenvalue weighted by Crippen LogP contribution is -2.41. The zero-order valence-electron chi connectivity index (χ0n) is 11.9. The Morgan fingerprint density at radius 3 is 2.39 bits per heavy atom. The van der Waals surface area contributed by atoms with Gasteiger partial charge in [0.05, 0.1) is 17.9 Å². The van der Waals surface area contributed by atoms with E-state index < -0.39 is 9.84 Å². The van der Waals surface area contributed by atoms with Crippen LogP contribution in [0, 0.1) is 0 Å². The maximum absolute atomic E-state index is 11.0. The molecule has 0 aliphatic carbocycles. The zero-order valence-corrected chi connectivity index (χ0v) is 12.7. The fourth-order valence-corrected chi connectivity index (χ4v) is 1.50. The van der Waals surface area contributed by atoms with E-state index in [-0.39, 0.29) is 11.4 Å². The molecule has 108 valence electrons. The van der Waals surface area contributed by atoms with Crippen LogP contribution in [0.25, 0.3) is 0 Å². The van der Waals surface area contributed by atoms with Crippen LogP contribution < -0.4 is 10.6 Å². The highest BCUT2D eigenvalue weighted by atomic mass is 32.2. The van der Waals surface area contributed by atoms with E-state index >= 15 is 0 Å². The molecule has 18 heavy (non-hydrogen) atoms. The molecule has 0 saturated carbocycles. The summed E-state index contributed by atoms with van der Waals surface area (Å²) >= 11 is 0. The van der Waals surface area contributed by atoms with Crippen LogP contribution in [0.1, 0.15) is 20.8 Å². The number of nitrogens with one attached hydrogen (secondary N) is 2. The number of ether oxygens (including phenoxy) is 1. The van der Waals surface area contributed by atoms with Gasteiger partial charge in [-0.3, -0.25) is 4.99 Å². The summed E-state index contributed by atoms with van der Waals surface area (Å²) in [7, 11) is -1.31. The first-order chi connectivity index (χ1) is 8.20. The molecule has 0 saturated heterocycles. The van der Waals surface area contributed by atoms with Crippen molar-refractivity contribution in [2.24, 2.45) is 4.99 Å². The van der Waals surface area contributed by atoms with Gasteiger partial charge in [-0.15, -0.1) is 0 Å². The monoisotopic (exact) mass is 279 g/mol. The number of methoxy groups -OCH3 is 1. The normalized spacial score (nSPS) is 13.5. The molecule has 0 rings (SSSR count). The molecule has 0 aliphatic heterocycles. The lowest BCUT2D eigenvalue weighted by atomic mass is 10.1. The highest BCUT2D eigenvalue weighted by Gasteiger charge is 2.15. The Bertz CT molecular complexity index is 364. The van der Waals surface area contributed by atoms with Gasteiger partial charge >= 0.3 is 0 Å². The van der Waals surface area contributed by atoms with E-state index in [1.807, 2.05) is 20.8 Å². The second-order valence-corrected chi connectivity index (χ2v) is 6.98. The van der Waals surface area contributed by atoms with E-state index in [9.17, 15) is 8.42 Å². The minimum Gasteiger partial charge on any atom is -0.377 e. The molecule has 0 spiro atoms. The summed E-state index contributed by atoms with van der Waals surface area (Å²) in [4.78, 5) is 4.35. The SMILES string of the molecule is CCNC(=NCC(C)(C)OC)NCCS(C)(=O)=O. The van der Waals surface area contributed by atoms with Gasteiger partial charge in [-0.2, -0.15) is 0 Å². The largest absolute Gasteiger partial charge is 0.377 e. The van der Waals surface area contributed by atoms with E-state index in [1.165, 1.54) is 6.26 Å². The third-order valence-corrected chi connectivity index (χ3v) is 3.23. The van der Waals surface area contributed by atoms with Crippen molar-refractivity contribution >= 4 is 15.8 Å². The van der Waals surface area contributed by atoms with Crippen LogP contribution in [-0.4, -0.2) is 58.7 Å². The second kappa shape index (κ2) is 7.58. The fraction of sp³-hybridized carbons (Fsp3) is 0.909. The third-order valence-electron chi connectivity index (χ3n) is 2.28. The molecule has 0 aromatic rings. The Hall–Kier alpha value is -0.820. The van der Waals surface area contributed by atoms with Crippen LogP contribution in [-0.2, 0) is 14.6 Å². The molecular weight excluding hydrogens is 254 g/mol. The van der Waals surface area contributed by atoms with E-state index in [0.717, 1.165) is 6.54 Å². The van der Waals surface area contributed by atoms with Gasteiger partial charge in [0.15, 0.2) is 5.96 Å². The van der Waals surface area contributed by atoms with Gasteiger partial charge in [-0.25, -0.2) is 8.42 Å². The van der Waals surface area contributed by atoms with Crippen LogP contribution in [0.15, 0.2) is 4.99 Å². The van der Waals surface area contributed by atoms with Crippen LogP contribution in [0.5, 0.6) is 0 Å². The van der Waals surface area contributed by atoms with Crippen molar-refractivity contribution in [1.82, 2.24) is 10.6 Å². The summed E-state index contributed by atoms with van der Waals surface area (Å²) in [6.07, 6.45) is 1.22. The van der Waals surface area contributed by atoms with Crippen molar-refractivity contribution < 1.29 is 13.2 Å². The van der Waals surface area contributed by atoms with Gasteiger partial charge in [0.1, 0.15) is 9.84 Å². The van der Waals surface area contributed by atoms with Crippen LogP contribution in [0.4, 0.5) is 0 Å². The molecule has 0 radical (unpaired) electrons. The van der Waals surface area contributed by atoms with Gasteiger partial charge in [0, 0.05) is 26.5 Å². The van der Waals surface area contributed by atoms with Gasteiger partial charge in [-0.1, -0.05) is 0 Å². The number of aliphatic imine (C=N–C) groups is 1. The summed E-state index contributed by atoms with van der Waals surface area (Å²) in [6.45, 7) is 7.40. The van der Waals surface area contributed by atoms with Crippen molar-refractivity contribution in [3.8, 4) is 0 Å². The first-order valence-electron chi connectivity index (χ1n) is 5.95. The Morgan fingerprint density at radius 2 is 1.94 bits per heavy atom. The van der Waals surface area contributed by atoms with Crippen molar-refractivity contribution in [2.45, 2.75) is 26.4 Å². The summed E-state index contributed by atoms with van der Waals surface area (Å²) in [5.41, 5.74) is -0.334. The number of hydrogen-bond acceptors (Lipinski definition) is 4. The van der Waals surface area contributed by atoms with E-state index in [1.54, 1.807) is 7.11 Å². The molecule has 0 aromatic heterocycles. The minimum absolute atomic E-state index is 0.0884. The predicted octanol–water partition coefficient (Wildman–Crippen LogP) is 0.0111. The lowest BCUT2D eigenvalue weighted by molar-refractivity contribution is 0.0310. The molecule has 0 unspecified atom stereocenters. The average molecular weight is 279 g/mol. The van der Waals surface area contributed by atoms with Crippen molar-refractivity contribution in [2.75, 3.05) is 38.8 Å². The van der Waals surface area contributed by atoms with Crippen molar-refractivity contribution in [1.29, 1.82) is 0 Å². The van der Waals surface area contributed by atoms with Crippen LogP contribution in [0.2, 0.25) is 0 Å². The maximum atomic E-state index is 11.0. The quantitative estimate of drug-likeness (QED) is 0.507. The number of nitrogens with zero attached hydrogens (tertiary/aromatic N) is 1. The highest BCUT2D eigenvalue weighted by molar-refractivity contribution is 7.90. The predicted molar refractivity (Wildman–Crippen MR) is 74.8 cm³/mol. The number of hydrogen-bond donors (Lipinski definition) is 2. The first kappa shape index (κ1) is 17.2. The molecule has 2 N–H and O–H groups in total. The third kappa shape index (κ3) is 9.23. The molecule has 0 aliphatic rings.